The Bertz CT molecular complexity index is 673. The summed E-state index contributed by atoms with van der Waals surface area (Å²) in [5.41, 5.74) is 4.27. The molecule has 0 heterocycles. The number of hydrogen-bond donors (Lipinski definition) is 0. The molecule has 0 aliphatic heterocycles. The lowest BCUT2D eigenvalue weighted by Crippen LogP contribution is -1.84. The van der Waals surface area contributed by atoms with Gasteiger partial charge in [-0.25, -0.2) is 0 Å². The van der Waals surface area contributed by atoms with Crippen LogP contribution in [0.3, 0.4) is 0 Å². The maximum atomic E-state index is 11.6. The standard InChI is InChI=1S/C18H13O/c19-16-11-12-17(14-7-3-1-4-8-14)18(13-16)15-9-5-2-6-10-15/h1-13H. The van der Waals surface area contributed by atoms with Gasteiger partial charge in [0, 0.05) is 0 Å². The molecule has 0 saturated heterocycles. The van der Waals surface area contributed by atoms with Gasteiger partial charge in [0.05, 0.1) is 0 Å². The van der Waals surface area contributed by atoms with Crippen LogP contribution in [-0.4, -0.2) is 0 Å². The Hall–Kier alpha value is -2.54. The summed E-state index contributed by atoms with van der Waals surface area (Å²) in [5, 5.41) is 11.6. The van der Waals surface area contributed by atoms with Gasteiger partial charge < -0.3 is 0 Å². The molecule has 19 heavy (non-hydrogen) atoms. The van der Waals surface area contributed by atoms with Crippen LogP contribution in [0.5, 0.6) is 5.75 Å². The summed E-state index contributed by atoms with van der Waals surface area (Å²) < 4.78 is 0. The molecule has 0 aliphatic carbocycles. The van der Waals surface area contributed by atoms with Gasteiger partial charge in [-0.05, 0) is 40.5 Å². The summed E-state index contributed by atoms with van der Waals surface area (Å²) in [6, 6.07) is 25.4. The molecule has 0 aromatic heterocycles. The van der Waals surface area contributed by atoms with Crippen molar-refractivity contribution in [2.75, 3.05) is 0 Å². The van der Waals surface area contributed by atoms with E-state index in [0.717, 1.165) is 22.3 Å². The molecule has 1 heteroatoms. The maximum Gasteiger partial charge on any atom is 0.179 e. The molecule has 0 unspecified atom stereocenters. The molecule has 0 bridgehead atoms. The van der Waals surface area contributed by atoms with E-state index in [1.54, 1.807) is 12.1 Å². The fourth-order valence-electron chi connectivity index (χ4n) is 2.25. The first-order chi connectivity index (χ1) is 9.34. The topological polar surface area (TPSA) is 19.9 Å². The Kier molecular flexibility index (Phi) is 3.03. The SMILES string of the molecule is [O]c1ccc(-c2ccccc2)c(-c2ccccc2)c1. The second-order valence-electron chi connectivity index (χ2n) is 4.44. The van der Waals surface area contributed by atoms with Crippen LogP contribution >= 0.6 is 0 Å². The normalized spacial score (nSPS) is 10.3. The number of hydrogen-bond acceptors (Lipinski definition) is 0. The van der Waals surface area contributed by atoms with E-state index in [2.05, 4.69) is 12.1 Å². The third kappa shape index (κ3) is 2.36. The Balaban J connectivity index is 2.21. The minimum Gasteiger partial charge on any atom is -0.290 e. The average molecular weight is 245 g/mol. The third-order valence-corrected chi connectivity index (χ3v) is 3.16. The molecular weight excluding hydrogens is 232 g/mol. The van der Waals surface area contributed by atoms with E-state index in [1.807, 2.05) is 54.6 Å². The van der Waals surface area contributed by atoms with Crippen LogP contribution in [-0.2, 0) is 5.11 Å². The summed E-state index contributed by atoms with van der Waals surface area (Å²) in [6.45, 7) is 0. The predicted molar refractivity (Wildman–Crippen MR) is 77.4 cm³/mol. The summed E-state index contributed by atoms with van der Waals surface area (Å²) in [7, 11) is 0. The largest absolute Gasteiger partial charge is 0.290 e. The average Bonchev–Trinajstić information content (AvgIpc) is 2.49. The van der Waals surface area contributed by atoms with E-state index >= 15 is 0 Å². The van der Waals surface area contributed by atoms with Crippen molar-refractivity contribution in [1.82, 2.24) is 0 Å². The summed E-state index contributed by atoms with van der Waals surface area (Å²) in [5.74, 6) is 0.0403. The van der Waals surface area contributed by atoms with Gasteiger partial charge in [0.15, 0.2) is 5.75 Å². The van der Waals surface area contributed by atoms with Crippen molar-refractivity contribution >= 4 is 0 Å². The molecule has 91 valence electrons. The zero-order valence-corrected chi connectivity index (χ0v) is 10.4. The first kappa shape index (κ1) is 11.5. The molecule has 0 N–H and O–H groups in total. The molecule has 3 aromatic carbocycles. The van der Waals surface area contributed by atoms with Crippen molar-refractivity contribution in [3.8, 4) is 28.0 Å². The highest BCUT2D eigenvalue weighted by molar-refractivity contribution is 5.84. The third-order valence-electron chi connectivity index (χ3n) is 3.16. The molecule has 0 amide bonds. The lowest BCUT2D eigenvalue weighted by Gasteiger charge is -2.10. The van der Waals surface area contributed by atoms with Crippen LogP contribution in [0.15, 0.2) is 78.9 Å². The predicted octanol–water partition coefficient (Wildman–Crippen LogP) is 5.16. The Labute approximate surface area is 112 Å². The van der Waals surface area contributed by atoms with E-state index in [1.165, 1.54) is 0 Å². The Morgan fingerprint density at radius 1 is 0.526 bits per heavy atom. The second-order valence-corrected chi connectivity index (χ2v) is 4.44. The molecule has 1 nitrogen and oxygen atoms in total. The molecule has 0 saturated carbocycles. The minimum atomic E-state index is 0.0403. The van der Waals surface area contributed by atoms with E-state index in [0.29, 0.717) is 0 Å². The summed E-state index contributed by atoms with van der Waals surface area (Å²) in [4.78, 5) is 0. The van der Waals surface area contributed by atoms with Gasteiger partial charge in [-0.2, -0.15) is 0 Å². The fourth-order valence-corrected chi connectivity index (χ4v) is 2.25. The molecule has 1 radical (unpaired) electrons. The van der Waals surface area contributed by atoms with Crippen LogP contribution in [0, 0.1) is 0 Å². The van der Waals surface area contributed by atoms with Crippen LogP contribution in [0.25, 0.3) is 22.3 Å². The fraction of sp³-hybridized carbons (Fsp3) is 0. The molecule has 0 atom stereocenters. The minimum absolute atomic E-state index is 0.0403. The van der Waals surface area contributed by atoms with Crippen molar-refractivity contribution in [2.45, 2.75) is 0 Å². The van der Waals surface area contributed by atoms with Crippen molar-refractivity contribution in [2.24, 2.45) is 0 Å². The van der Waals surface area contributed by atoms with Gasteiger partial charge in [0.25, 0.3) is 0 Å². The van der Waals surface area contributed by atoms with Crippen LogP contribution in [0.1, 0.15) is 0 Å². The Morgan fingerprint density at radius 2 is 1.05 bits per heavy atom. The van der Waals surface area contributed by atoms with Crippen LogP contribution in [0.2, 0.25) is 0 Å². The monoisotopic (exact) mass is 245 g/mol. The molecular formula is C18H13O. The lowest BCUT2D eigenvalue weighted by molar-refractivity contribution is 0.355. The van der Waals surface area contributed by atoms with E-state index in [-0.39, 0.29) is 5.75 Å². The van der Waals surface area contributed by atoms with Crippen LogP contribution < -0.4 is 0 Å². The van der Waals surface area contributed by atoms with Gasteiger partial charge in [-0.3, -0.25) is 5.11 Å². The maximum absolute atomic E-state index is 11.6. The van der Waals surface area contributed by atoms with Crippen molar-refractivity contribution in [3.05, 3.63) is 78.9 Å². The van der Waals surface area contributed by atoms with E-state index in [9.17, 15) is 5.11 Å². The highest BCUT2D eigenvalue weighted by atomic mass is 16.3. The molecule has 3 aromatic rings. The lowest BCUT2D eigenvalue weighted by atomic mass is 9.94. The van der Waals surface area contributed by atoms with Crippen molar-refractivity contribution in [3.63, 3.8) is 0 Å². The second kappa shape index (κ2) is 4.99. The molecule has 3 rings (SSSR count). The van der Waals surface area contributed by atoms with E-state index in [4.69, 9.17) is 0 Å². The highest BCUT2D eigenvalue weighted by Gasteiger charge is 2.08. The van der Waals surface area contributed by atoms with Crippen molar-refractivity contribution < 1.29 is 5.11 Å². The van der Waals surface area contributed by atoms with Gasteiger partial charge in [0.1, 0.15) is 0 Å². The Morgan fingerprint density at radius 3 is 1.63 bits per heavy atom. The smallest absolute Gasteiger partial charge is 0.179 e. The molecule has 0 fully saturated rings. The first-order valence-corrected chi connectivity index (χ1v) is 6.26. The molecule has 0 aliphatic rings. The molecule has 0 spiro atoms. The zero-order chi connectivity index (χ0) is 13.1. The summed E-state index contributed by atoms with van der Waals surface area (Å²) >= 11 is 0. The van der Waals surface area contributed by atoms with Gasteiger partial charge in [0.2, 0.25) is 0 Å². The van der Waals surface area contributed by atoms with Crippen molar-refractivity contribution in [1.29, 1.82) is 0 Å². The van der Waals surface area contributed by atoms with Gasteiger partial charge in [-0.15, -0.1) is 0 Å². The number of rotatable bonds is 2. The van der Waals surface area contributed by atoms with Gasteiger partial charge in [-0.1, -0.05) is 60.7 Å². The first-order valence-electron chi connectivity index (χ1n) is 6.26. The van der Waals surface area contributed by atoms with E-state index < -0.39 is 0 Å². The number of benzene rings is 3. The zero-order valence-electron chi connectivity index (χ0n) is 10.4. The van der Waals surface area contributed by atoms with Gasteiger partial charge >= 0.3 is 0 Å². The summed E-state index contributed by atoms with van der Waals surface area (Å²) in [6.07, 6.45) is 0. The highest BCUT2D eigenvalue weighted by Crippen LogP contribution is 2.34. The quantitative estimate of drug-likeness (QED) is 0.594. The van der Waals surface area contributed by atoms with Crippen LogP contribution in [0.4, 0.5) is 0 Å².